The van der Waals surface area contributed by atoms with Gasteiger partial charge in [0.15, 0.2) is 0 Å². The van der Waals surface area contributed by atoms with Crippen LogP contribution in [0.15, 0.2) is 23.1 Å². The van der Waals surface area contributed by atoms with Gasteiger partial charge in [0.05, 0.1) is 15.5 Å². The quantitative estimate of drug-likeness (QED) is 0.829. The van der Waals surface area contributed by atoms with Gasteiger partial charge in [-0.05, 0) is 24.1 Å². The number of nitriles is 1. The summed E-state index contributed by atoms with van der Waals surface area (Å²) >= 11 is 5.77. The van der Waals surface area contributed by atoms with Crippen molar-refractivity contribution in [3.05, 3.63) is 28.8 Å². The first-order chi connectivity index (χ1) is 9.26. The van der Waals surface area contributed by atoms with Gasteiger partial charge in [-0.1, -0.05) is 18.5 Å². The molecular weight excluding hydrogens is 304 g/mol. The van der Waals surface area contributed by atoms with Crippen LogP contribution in [-0.2, 0) is 14.8 Å². The van der Waals surface area contributed by atoms with E-state index in [-0.39, 0.29) is 34.4 Å². The van der Waals surface area contributed by atoms with E-state index < -0.39 is 16.0 Å². The Morgan fingerprint density at radius 2 is 2.20 bits per heavy atom. The minimum absolute atomic E-state index is 0.00620. The summed E-state index contributed by atoms with van der Waals surface area (Å²) < 4.78 is 26.3. The molecule has 8 heteroatoms. The van der Waals surface area contributed by atoms with Crippen LogP contribution < -0.4 is 4.72 Å². The zero-order chi connectivity index (χ0) is 15.3. The first-order valence-corrected chi connectivity index (χ1v) is 7.53. The summed E-state index contributed by atoms with van der Waals surface area (Å²) in [5.74, 6) is -1.32. The van der Waals surface area contributed by atoms with Crippen LogP contribution >= 0.6 is 11.6 Å². The van der Waals surface area contributed by atoms with Crippen molar-refractivity contribution in [2.45, 2.75) is 18.2 Å². The molecule has 0 aliphatic rings. The zero-order valence-corrected chi connectivity index (χ0v) is 12.2. The Balaban J connectivity index is 2.82. The molecule has 0 aliphatic carbocycles. The fourth-order valence-corrected chi connectivity index (χ4v) is 2.94. The Morgan fingerprint density at radius 1 is 1.55 bits per heavy atom. The summed E-state index contributed by atoms with van der Waals surface area (Å²) in [7, 11) is -3.78. The van der Waals surface area contributed by atoms with Gasteiger partial charge in [-0.3, -0.25) is 4.79 Å². The number of nitrogens with zero attached hydrogens (tertiary/aromatic N) is 1. The molecule has 0 amide bonds. The molecule has 6 nitrogen and oxygen atoms in total. The van der Waals surface area contributed by atoms with Gasteiger partial charge in [0.1, 0.15) is 6.07 Å². The van der Waals surface area contributed by atoms with Crippen LogP contribution in [0.5, 0.6) is 0 Å². The van der Waals surface area contributed by atoms with Gasteiger partial charge >= 0.3 is 5.97 Å². The van der Waals surface area contributed by atoms with Crippen LogP contribution in [0.3, 0.4) is 0 Å². The van der Waals surface area contributed by atoms with Crippen LogP contribution in [0.2, 0.25) is 5.02 Å². The summed E-state index contributed by atoms with van der Waals surface area (Å²) in [6, 6.07) is 5.61. The monoisotopic (exact) mass is 316 g/mol. The highest BCUT2D eigenvalue weighted by molar-refractivity contribution is 7.89. The Morgan fingerprint density at radius 3 is 2.70 bits per heavy atom. The highest BCUT2D eigenvalue weighted by atomic mass is 35.5. The molecule has 0 aromatic heterocycles. The minimum Gasteiger partial charge on any atom is -0.481 e. The van der Waals surface area contributed by atoms with E-state index >= 15 is 0 Å². The van der Waals surface area contributed by atoms with E-state index in [1.54, 1.807) is 6.92 Å². The number of nitrogens with one attached hydrogen (secondary N) is 1. The maximum Gasteiger partial charge on any atom is 0.303 e. The summed E-state index contributed by atoms with van der Waals surface area (Å²) in [5, 5.41) is 17.4. The first kappa shape index (κ1) is 16.4. The molecule has 0 radical (unpaired) electrons. The third kappa shape index (κ3) is 4.49. The number of hydrogen-bond donors (Lipinski definition) is 2. The van der Waals surface area contributed by atoms with E-state index in [9.17, 15) is 13.2 Å². The van der Waals surface area contributed by atoms with E-state index in [2.05, 4.69) is 4.72 Å². The van der Waals surface area contributed by atoms with Crippen LogP contribution in [-0.4, -0.2) is 26.0 Å². The maximum atomic E-state index is 12.0. The number of aliphatic carboxylic acids is 1. The number of halogens is 1. The zero-order valence-electron chi connectivity index (χ0n) is 10.6. The van der Waals surface area contributed by atoms with Gasteiger partial charge in [0, 0.05) is 13.0 Å². The van der Waals surface area contributed by atoms with Gasteiger partial charge in [-0.15, -0.1) is 0 Å². The lowest BCUT2D eigenvalue weighted by atomic mass is 10.1. The van der Waals surface area contributed by atoms with E-state index in [1.807, 2.05) is 6.07 Å². The molecule has 0 bridgehead atoms. The molecule has 1 rings (SSSR count). The largest absolute Gasteiger partial charge is 0.481 e. The minimum atomic E-state index is -3.78. The molecule has 20 heavy (non-hydrogen) atoms. The van der Waals surface area contributed by atoms with Crippen LogP contribution in [0.1, 0.15) is 18.9 Å². The topological polar surface area (TPSA) is 107 Å². The summed E-state index contributed by atoms with van der Waals surface area (Å²) in [6.45, 7) is 1.63. The number of carboxylic acid groups (broad SMARTS) is 1. The molecule has 0 saturated heterocycles. The third-order valence-electron chi connectivity index (χ3n) is 2.52. The summed E-state index contributed by atoms with van der Waals surface area (Å²) in [4.78, 5) is 10.4. The van der Waals surface area contributed by atoms with Crippen molar-refractivity contribution >= 4 is 27.6 Å². The Bertz CT molecular complexity index is 652. The van der Waals surface area contributed by atoms with Crippen LogP contribution in [0.25, 0.3) is 0 Å². The smallest absolute Gasteiger partial charge is 0.303 e. The Hall–Kier alpha value is -1.62. The Labute approximate surface area is 122 Å². The fourth-order valence-electron chi connectivity index (χ4n) is 1.46. The van der Waals surface area contributed by atoms with Crippen molar-refractivity contribution in [2.24, 2.45) is 5.92 Å². The van der Waals surface area contributed by atoms with E-state index in [0.29, 0.717) is 0 Å². The van der Waals surface area contributed by atoms with Crippen molar-refractivity contribution < 1.29 is 18.3 Å². The first-order valence-electron chi connectivity index (χ1n) is 5.67. The lowest BCUT2D eigenvalue weighted by Gasteiger charge is -2.11. The molecule has 0 aliphatic heterocycles. The molecule has 108 valence electrons. The number of carboxylic acids is 1. The van der Waals surface area contributed by atoms with Crippen LogP contribution in [0.4, 0.5) is 0 Å². The summed E-state index contributed by atoms with van der Waals surface area (Å²) in [6.07, 6.45) is -0.128. The fraction of sp³-hybridized carbons (Fsp3) is 0.333. The molecule has 1 unspecified atom stereocenters. The highest BCUT2D eigenvalue weighted by Gasteiger charge is 2.17. The molecule has 2 N–H and O–H groups in total. The predicted octanol–water partition coefficient (Wildman–Crippen LogP) is 1.60. The molecule has 0 saturated carbocycles. The van der Waals surface area contributed by atoms with E-state index in [0.717, 1.165) is 0 Å². The second kappa shape index (κ2) is 6.70. The normalized spacial score (nSPS) is 12.7. The van der Waals surface area contributed by atoms with E-state index in [1.165, 1.54) is 18.2 Å². The average Bonchev–Trinajstić information content (AvgIpc) is 2.35. The van der Waals surface area contributed by atoms with Gasteiger partial charge in [0.25, 0.3) is 0 Å². The number of sulfonamides is 1. The Kier molecular flexibility index (Phi) is 5.51. The van der Waals surface area contributed by atoms with Gasteiger partial charge in [-0.2, -0.15) is 5.26 Å². The predicted molar refractivity (Wildman–Crippen MR) is 72.8 cm³/mol. The number of rotatable bonds is 6. The maximum absolute atomic E-state index is 12.0. The number of benzene rings is 1. The van der Waals surface area contributed by atoms with Crippen molar-refractivity contribution in [2.75, 3.05) is 6.54 Å². The van der Waals surface area contributed by atoms with Gasteiger partial charge in [0.2, 0.25) is 10.0 Å². The molecule has 1 aromatic carbocycles. The van der Waals surface area contributed by atoms with Gasteiger partial charge < -0.3 is 5.11 Å². The second-order valence-corrected chi connectivity index (χ2v) is 6.48. The highest BCUT2D eigenvalue weighted by Crippen LogP contribution is 2.20. The molecule has 0 heterocycles. The second-order valence-electron chi connectivity index (χ2n) is 4.31. The average molecular weight is 317 g/mol. The lowest BCUT2D eigenvalue weighted by molar-refractivity contribution is -0.137. The van der Waals surface area contributed by atoms with Crippen molar-refractivity contribution in [3.8, 4) is 6.07 Å². The van der Waals surface area contributed by atoms with Crippen molar-refractivity contribution in [3.63, 3.8) is 0 Å². The van der Waals surface area contributed by atoms with Crippen molar-refractivity contribution in [1.82, 2.24) is 4.72 Å². The number of carbonyl (C=O) groups is 1. The summed E-state index contributed by atoms with van der Waals surface area (Å²) in [5.41, 5.74) is 0.185. The molecule has 1 atom stereocenters. The van der Waals surface area contributed by atoms with Crippen molar-refractivity contribution in [1.29, 1.82) is 5.26 Å². The number of hydrogen-bond acceptors (Lipinski definition) is 4. The molecule has 1 aromatic rings. The third-order valence-corrected chi connectivity index (χ3v) is 4.25. The van der Waals surface area contributed by atoms with E-state index in [4.69, 9.17) is 22.0 Å². The van der Waals surface area contributed by atoms with Gasteiger partial charge in [-0.25, -0.2) is 13.1 Å². The molecule has 0 fully saturated rings. The van der Waals surface area contributed by atoms with Crippen LogP contribution in [0, 0.1) is 17.2 Å². The molecular formula is C12H13ClN2O4S. The SMILES string of the molecule is CC(CNS(=O)(=O)c1ccc(C#N)c(Cl)c1)CC(=O)O. The molecule has 0 spiro atoms. The standard InChI is InChI=1S/C12H13ClN2O4S/c1-8(4-12(16)17)7-15-20(18,19)10-3-2-9(6-14)11(13)5-10/h2-3,5,8,15H,4,7H2,1H3,(H,16,17). The lowest BCUT2D eigenvalue weighted by Crippen LogP contribution is -2.29.